The van der Waals surface area contributed by atoms with Crippen LogP contribution in [0.25, 0.3) is 0 Å². The van der Waals surface area contributed by atoms with E-state index in [9.17, 15) is 4.39 Å². The first-order chi connectivity index (χ1) is 8.65. The maximum Gasteiger partial charge on any atom is 0.146 e. The third-order valence-corrected chi connectivity index (χ3v) is 2.84. The van der Waals surface area contributed by atoms with E-state index in [-0.39, 0.29) is 11.9 Å². The molecule has 0 aliphatic carbocycles. The van der Waals surface area contributed by atoms with Gasteiger partial charge in [-0.05, 0) is 31.0 Å². The summed E-state index contributed by atoms with van der Waals surface area (Å²) in [5, 5.41) is 11.2. The van der Waals surface area contributed by atoms with E-state index >= 15 is 0 Å². The van der Waals surface area contributed by atoms with Gasteiger partial charge in [-0.3, -0.25) is 0 Å². The average Bonchev–Trinajstić information content (AvgIpc) is 2.72. The molecular weight excluding hydrogens is 231 g/mol. The summed E-state index contributed by atoms with van der Waals surface area (Å²) in [4.78, 5) is 0. The van der Waals surface area contributed by atoms with Crippen molar-refractivity contribution in [2.75, 3.05) is 0 Å². The summed E-state index contributed by atoms with van der Waals surface area (Å²) in [7, 11) is 1.91. The van der Waals surface area contributed by atoms with Gasteiger partial charge in [0.25, 0.3) is 0 Å². The Bertz CT molecular complexity index is 509. The zero-order valence-corrected chi connectivity index (χ0v) is 10.6. The number of hydrogen-bond acceptors (Lipinski definition) is 3. The Morgan fingerprint density at radius 1 is 1.44 bits per heavy atom. The minimum absolute atomic E-state index is 0.187. The van der Waals surface area contributed by atoms with E-state index in [1.165, 1.54) is 6.07 Å². The number of aryl methyl sites for hydroxylation is 1. The first-order valence-electron chi connectivity index (χ1n) is 5.96. The zero-order valence-electron chi connectivity index (χ0n) is 10.6. The second kappa shape index (κ2) is 5.73. The van der Waals surface area contributed by atoms with E-state index in [0.29, 0.717) is 6.54 Å². The molecule has 0 bridgehead atoms. The fourth-order valence-electron chi connectivity index (χ4n) is 1.82. The fourth-order valence-corrected chi connectivity index (χ4v) is 1.82. The molecule has 1 aromatic carbocycles. The van der Waals surface area contributed by atoms with E-state index in [0.717, 1.165) is 17.8 Å². The Labute approximate surface area is 106 Å². The van der Waals surface area contributed by atoms with Crippen LogP contribution in [0.3, 0.4) is 0 Å². The summed E-state index contributed by atoms with van der Waals surface area (Å²) >= 11 is 0. The number of halogens is 1. The van der Waals surface area contributed by atoms with E-state index < -0.39 is 0 Å². The largest absolute Gasteiger partial charge is 0.320 e. The Morgan fingerprint density at radius 3 is 2.94 bits per heavy atom. The quantitative estimate of drug-likeness (QED) is 0.875. The SMILES string of the molecule is CC(Cc1cccc(F)c1)NCc1nncn1C. The van der Waals surface area contributed by atoms with Gasteiger partial charge in [-0.2, -0.15) is 0 Å². The molecule has 1 heterocycles. The molecule has 18 heavy (non-hydrogen) atoms. The van der Waals surface area contributed by atoms with Gasteiger partial charge in [0.1, 0.15) is 18.0 Å². The smallest absolute Gasteiger partial charge is 0.146 e. The third-order valence-electron chi connectivity index (χ3n) is 2.84. The standard InChI is InChI=1S/C13H17FN4/c1-10(6-11-4-3-5-12(14)7-11)15-8-13-17-16-9-18(13)2/h3-5,7,9-10,15H,6,8H2,1-2H3. The lowest BCUT2D eigenvalue weighted by atomic mass is 10.1. The number of nitrogens with one attached hydrogen (secondary N) is 1. The van der Waals surface area contributed by atoms with Gasteiger partial charge in [-0.15, -0.1) is 10.2 Å². The van der Waals surface area contributed by atoms with Crippen molar-refractivity contribution < 1.29 is 4.39 Å². The predicted molar refractivity (Wildman–Crippen MR) is 67.4 cm³/mol. The predicted octanol–water partition coefficient (Wildman–Crippen LogP) is 1.68. The van der Waals surface area contributed by atoms with Crippen molar-refractivity contribution in [1.29, 1.82) is 0 Å². The van der Waals surface area contributed by atoms with Crippen molar-refractivity contribution in [1.82, 2.24) is 20.1 Å². The van der Waals surface area contributed by atoms with Crippen LogP contribution in [0.2, 0.25) is 0 Å². The first kappa shape index (κ1) is 12.7. The maximum atomic E-state index is 13.0. The molecule has 1 atom stereocenters. The van der Waals surface area contributed by atoms with Crippen LogP contribution in [-0.4, -0.2) is 20.8 Å². The molecular formula is C13H17FN4. The molecule has 0 amide bonds. The van der Waals surface area contributed by atoms with Crippen LogP contribution in [-0.2, 0) is 20.0 Å². The minimum atomic E-state index is -0.187. The van der Waals surface area contributed by atoms with E-state index in [2.05, 4.69) is 22.4 Å². The summed E-state index contributed by atoms with van der Waals surface area (Å²) in [5.74, 6) is 0.703. The molecule has 1 unspecified atom stereocenters. The molecule has 0 fully saturated rings. The molecule has 0 radical (unpaired) electrons. The number of rotatable bonds is 5. The number of hydrogen-bond donors (Lipinski definition) is 1. The van der Waals surface area contributed by atoms with Crippen LogP contribution in [0, 0.1) is 5.82 Å². The first-order valence-corrected chi connectivity index (χ1v) is 5.96. The van der Waals surface area contributed by atoms with Gasteiger partial charge in [0.15, 0.2) is 0 Å². The van der Waals surface area contributed by atoms with Crippen LogP contribution in [0.1, 0.15) is 18.3 Å². The average molecular weight is 248 g/mol. The van der Waals surface area contributed by atoms with Crippen LogP contribution < -0.4 is 5.32 Å². The zero-order chi connectivity index (χ0) is 13.0. The molecule has 0 saturated carbocycles. The molecule has 0 aliphatic rings. The van der Waals surface area contributed by atoms with Gasteiger partial charge in [0, 0.05) is 13.1 Å². The van der Waals surface area contributed by atoms with Gasteiger partial charge in [0.05, 0.1) is 6.54 Å². The highest BCUT2D eigenvalue weighted by molar-refractivity contribution is 5.17. The molecule has 0 aliphatic heterocycles. The Kier molecular flexibility index (Phi) is 4.04. The Hall–Kier alpha value is -1.75. The number of aromatic nitrogens is 3. The van der Waals surface area contributed by atoms with Gasteiger partial charge >= 0.3 is 0 Å². The summed E-state index contributed by atoms with van der Waals surface area (Å²) in [6, 6.07) is 6.95. The van der Waals surface area contributed by atoms with Crippen molar-refractivity contribution in [3.05, 3.63) is 47.8 Å². The van der Waals surface area contributed by atoms with Gasteiger partial charge < -0.3 is 9.88 Å². The highest BCUT2D eigenvalue weighted by Gasteiger charge is 2.06. The maximum absolute atomic E-state index is 13.0. The monoisotopic (exact) mass is 248 g/mol. The molecule has 4 nitrogen and oxygen atoms in total. The van der Waals surface area contributed by atoms with Crippen molar-refractivity contribution in [3.63, 3.8) is 0 Å². The highest BCUT2D eigenvalue weighted by atomic mass is 19.1. The van der Waals surface area contributed by atoms with Crippen molar-refractivity contribution >= 4 is 0 Å². The molecule has 1 aromatic heterocycles. The molecule has 0 saturated heterocycles. The minimum Gasteiger partial charge on any atom is -0.320 e. The summed E-state index contributed by atoms with van der Waals surface area (Å²) in [6.45, 7) is 2.73. The van der Waals surface area contributed by atoms with E-state index in [1.807, 2.05) is 17.7 Å². The van der Waals surface area contributed by atoms with Crippen molar-refractivity contribution in [2.45, 2.75) is 25.9 Å². The van der Waals surface area contributed by atoms with Crippen LogP contribution in [0.5, 0.6) is 0 Å². The highest BCUT2D eigenvalue weighted by Crippen LogP contribution is 2.06. The Balaban J connectivity index is 1.86. The summed E-state index contributed by atoms with van der Waals surface area (Å²) in [6.07, 6.45) is 2.46. The lowest BCUT2D eigenvalue weighted by Gasteiger charge is -2.13. The van der Waals surface area contributed by atoms with Gasteiger partial charge in [-0.25, -0.2) is 4.39 Å². The second-order valence-electron chi connectivity index (χ2n) is 4.47. The summed E-state index contributed by atoms with van der Waals surface area (Å²) in [5.41, 5.74) is 0.993. The lowest BCUT2D eigenvalue weighted by Crippen LogP contribution is -2.28. The van der Waals surface area contributed by atoms with Gasteiger partial charge in [-0.1, -0.05) is 12.1 Å². The number of nitrogens with zero attached hydrogens (tertiary/aromatic N) is 3. The topological polar surface area (TPSA) is 42.7 Å². The van der Waals surface area contributed by atoms with Crippen LogP contribution in [0.4, 0.5) is 4.39 Å². The molecule has 2 rings (SSSR count). The fraction of sp³-hybridized carbons (Fsp3) is 0.385. The molecule has 0 spiro atoms. The van der Waals surface area contributed by atoms with Crippen LogP contribution >= 0.6 is 0 Å². The summed E-state index contributed by atoms with van der Waals surface area (Å²) < 4.78 is 14.9. The van der Waals surface area contributed by atoms with Crippen LogP contribution in [0.15, 0.2) is 30.6 Å². The molecule has 5 heteroatoms. The third kappa shape index (κ3) is 3.37. The molecule has 1 N–H and O–H groups in total. The van der Waals surface area contributed by atoms with E-state index in [1.54, 1.807) is 18.5 Å². The van der Waals surface area contributed by atoms with E-state index in [4.69, 9.17) is 0 Å². The normalized spacial score (nSPS) is 12.6. The molecule has 96 valence electrons. The van der Waals surface area contributed by atoms with Crippen molar-refractivity contribution in [3.8, 4) is 0 Å². The van der Waals surface area contributed by atoms with Gasteiger partial charge in [0.2, 0.25) is 0 Å². The second-order valence-corrected chi connectivity index (χ2v) is 4.47. The molecule has 2 aromatic rings. The number of benzene rings is 1. The van der Waals surface area contributed by atoms with Crippen molar-refractivity contribution in [2.24, 2.45) is 7.05 Å². The Morgan fingerprint density at radius 2 is 2.28 bits per heavy atom. The lowest BCUT2D eigenvalue weighted by molar-refractivity contribution is 0.523.